The van der Waals surface area contributed by atoms with Crippen molar-refractivity contribution in [3.8, 4) is 0 Å². The summed E-state index contributed by atoms with van der Waals surface area (Å²) in [5, 5.41) is 11.7. The van der Waals surface area contributed by atoms with Gasteiger partial charge in [-0.1, -0.05) is 23.7 Å². The van der Waals surface area contributed by atoms with E-state index >= 15 is 0 Å². The Morgan fingerprint density at radius 2 is 1.65 bits per heavy atom. The Morgan fingerprint density at radius 1 is 1.09 bits per heavy atom. The molecule has 2 fully saturated rings. The summed E-state index contributed by atoms with van der Waals surface area (Å²) < 4.78 is 0. The molecule has 1 unspecified atom stereocenters. The summed E-state index contributed by atoms with van der Waals surface area (Å²) in [6, 6.07) is 8.05. The molecule has 1 atom stereocenters. The van der Waals surface area contributed by atoms with Crippen molar-refractivity contribution in [2.75, 3.05) is 39.8 Å². The molecule has 1 saturated heterocycles. The highest BCUT2D eigenvalue weighted by molar-refractivity contribution is 6.30. The number of aliphatic hydroxyl groups is 1. The molecule has 0 radical (unpaired) electrons. The lowest BCUT2D eigenvalue weighted by molar-refractivity contribution is -0.0665. The van der Waals surface area contributed by atoms with Gasteiger partial charge in [0.1, 0.15) is 0 Å². The van der Waals surface area contributed by atoms with Crippen molar-refractivity contribution < 1.29 is 5.11 Å². The molecule has 132 valence electrons. The number of likely N-dealkylation sites (N-methyl/N-ethyl adjacent to an activating group) is 1. The molecule has 0 bridgehead atoms. The molecule has 0 aromatic heterocycles. The molecule has 1 aliphatic carbocycles. The Labute approximate surface area is 156 Å². The van der Waals surface area contributed by atoms with Gasteiger partial charge in [0.15, 0.2) is 0 Å². The van der Waals surface area contributed by atoms with Gasteiger partial charge in [-0.3, -0.25) is 0 Å². The molecule has 3 rings (SSSR count). The largest absolute Gasteiger partial charge is 0.389 e. The predicted octanol–water partition coefficient (Wildman–Crippen LogP) is 3.43. The van der Waals surface area contributed by atoms with E-state index in [4.69, 9.17) is 11.6 Å². The number of hydrogen-bond acceptors (Lipinski definition) is 3. The molecule has 6 heteroatoms. The number of halogens is 3. The molecule has 1 aromatic carbocycles. The van der Waals surface area contributed by atoms with Crippen LogP contribution in [0.3, 0.4) is 0 Å². The Morgan fingerprint density at radius 3 is 2.13 bits per heavy atom. The third-order valence-corrected chi connectivity index (χ3v) is 5.43. The Kier molecular flexibility index (Phi) is 8.12. The van der Waals surface area contributed by atoms with Gasteiger partial charge in [0.2, 0.25) is 0 Å². The van der Waals surface area contributed by atoms with E-state index in [1.165, 1.54) is 5.56 Å². The van der Waals surface area contributed by atoms with E-state index in [9.17, 15) is 5.11 Å². The second-order valence-electron chi connectivity index (χ2n) is 6.67. The monoisotopic (exact) mass is 380 g/mol. The van der Waals surface area contributed by atoms with E-state index < -0.39 is 5.60 Å². The summed E-state index contributed by atoms with van der Waals surface area (Å²) in [6.07, 6.45) is 2.99. The number of benzene rings is 1. The molecular weight excluding hydrogens is 355 g/mol. The van der Waals surface area contributed by atoms with E-state index in [2.05, 4.69) is 29.0 Å². The van der Waals surface area contributed by atoms with E-state index in [1.54, 1.807) is 0 Å². The zero-order valence-corrected chi connectivity index (χ0v) is 16.0. The highest BCUT2D eigenvalue weighted by Gasteiger charge is 2.43. The van der Waals surface area contributed by atoms with Crippen molar-refractivity contribution in [2.45, 2.75) is 30.8 Å². The van der Waals surface area contributed by atoms with Crippen molar-refractivity contribution >= 4 is 36.4 Å². The lowest BCUT2D eigenvalue weighted by Gasteiger charge is -2.46. The maximum absolute atomic E-state index is 10.9. The molecule has 1 aromatic rings. The second kappa shape index (κ2) is 8.89. The van der Waals surface area contributed by atoms with Gasteiger partial charge in [-0.05, 0) is 44.0 Å². The molecule has 23 heavy (non-hydrogen) atoms. The maximum Gasteiger partial charge on any atom is 0.0728 e. The van der Waals surface area contributed by atoms with E-state index in [0.29, 0.717) is 0 Å². The van der Waals surface area contributed by atoms with Crippen LogP contribution in [0.1, 0.15) is 30.7 Å². The van der Waals surface area contributed by atoms with Crippen LogP contribution in [0.2, 0.25) is 5.02 Å². The van der Waals surface area contributed by atoms with Crippen LogP contribution >= 0.6 is 36.4 Å². The van der Waals surface area contributed by atoms with Crippen molar-refractivity contribution in [3.05, 3.63) is 34.9 Å². The van der Waals surface area contributed by atoms with E-state index in [0.717, 1.165) is 57.0 Å². The first-order valence-electron chi connectivity index (χ1n) is 7.96. The third-order valence-electron chi connectivity index (χ3n) is 5.18. The Hall–Kier alpha value is -0.0300. The van der Waals surface area contributed by atoms with Gasteiger partial charge in [0, 0.05) is 43.7 Å². The standard InChI is InChI=1S/C17H25ClN2O.2ClH/c1-19-9-11-20(12-10-19)13-16(17(21)7-2-8-17)14-3-5-15(18)6-4-14;;/h3-6,16,21H,2,7-13H2,1H3;2*1H. The summed E-state index contributed by atoms with van der Waals surface area (Å²) in [7, 11) is 2.17. The topological polar surface area (TPSA) is 26.7 Å². The molecule has 2 aliphatic rings. The van der Waals surface area contributed by atoms with E-state index in [-0.39, 0.29) is 30.7 Å². The molecule has 1 saturated carbocycles. The van der Waals surface area contributed by atoms with Crippen LogP contribution in [-0.2, 0) is 0 Å². The summed E-state index contributed by atoms with van der Waals surface area (Å²) >= 11 is 6.01. The summed E-state index contributed by atoms with van der Waals surface area (Å²) in [5.74, 6) is 0.201. The van der Waals surface area contributed by atoms with Crippen LogP contribution in [0.4, 0.5) is 0 Å². The average molecular weight is 382 g/mol. The Bertz CT molecular complexity index is 471. The lowest BCUT2D eigenvalue weighted by Crippen LogP contribution is -2.51. The van der Waals surface area contributed by atoms with Crippen molar-refractivity contribution in [1.82, 2.24) is 9.80 Å². The van der Waals surface area contributed by atoms with Crippen molar-refractivity contribution in [3.63, 3.8) is 0 Å². The van der Waals surface area contributed by atoms with Crippen LogP contribution in [0.25, 0.3) is 0 Å². The first-order valence-corrected chi connectivity index (χ1v) is 8.33. The first-order chi connectivity index (χ1) is 10.1. The zero-order chi connectivity index (χ0) is 14.9. The smallest absolute Gasteiger partial charge is 0.0728 e. The quantitative estimate of drug-likeness (QED) is 0.865. The molecular formula is C17H27Cl3N2O. The minimum atomic E-state index is -0.517. The lowest BCUT2D eigenvalue weighted by atomic mass is 9.68. The van der Waals surface area contributed by atoms with Gasteiger partial charge in [-0.25, -0.2) is 0 Å². The minimum absolute atomic E-state index is 0. The summed E-state index contributed by atoms with van der Waals surface area (Å²) in [5.41, 5.74) is 0.706. The molecule has 1 heterocycles. The van der Waals surface area contributed by atoms with Crippen LogP contribution in [-0.4, -0.2) is 60.3 Å². The highest BCUT2D eigenvalue weighted by Crippen LogP contribution is 2.44. The fourth-order valence-corrected chi connectivity index (χ4v) is 3.58. The van der Waals surface area contributed by atoms with Gasteiger partial charge < -0.3 is 14.9 Å². The minimum Gasteiger partial charge on any atom is -0.389 e. The van der Waals surface area contributed by atoms with E-state index in [1.807, 2.05) is 12.1 Å². The highest BCUT2D eigenvalue weighted by atomic mass is 35.5. The summed E-state index contributed by atoms with van der Waals surface area (Å²) in [6.45, 7) is 5.37. The molecule has 0 amide bonds. The normalized spacial score (nSPS) is 22.4. The predicted molar refractivity (Wildman–Crippen MR) is 101 cm³/mol. The van der Waals surface area contributed by atoms with Crippen LogP contribution < -0.4 is 0 Å². The van der Waals surface area contributed by atoms with Crippen molar-refractivity contribution in [2.24, 2.45) is 0 Å². The van der Waals surface area contributed by atoms with Gasteiger partial charge >= 0.3 is 0 Å². The zero-order valence-electron chi connectivity index (χ0n) is 13.6. The van der Waals surface area contributed by atoms with Crippen LogP contribution in [0.15, 0.2) is 24.3 Å². The number of nitrogens with zero attached hydrogens (tertiary/aromatic N) is 2. The second-order valence-corrected chi connectivity index (χ2v) is 7.10. The molecule has 0 spiro atoms. The van der Waals surface area contributed by atoms with Gasteiger partial charge in [0.25, 0.3) is 0 Å². The Balaban J connectivity index is 0.00000132. The first kappa shape index (κ1) is 21.0. The van der Waals surface area contributed by atoms with Gasteiger partial charge in [0.05, 0.1) is 5.60 Å². The number of rotatable bonds is 4. The van der Waals surface area contributed by atoms with Gasteiger partial charge in [-0.2, -0.15) is 0 Å². The fourth-order valence-electron chi connectivity index (χ4n) is 3.46. The van der Waals surface area contributed by atoms with Crippen LogP contribution in [0.5, 0.6) is 0 Å². The van der Waals surface area contributed by atoms with Gasteiger partial charge in [-0.15, -0.1) is 24.8 Å². The van der Waals surface area contributed by atoms with Crippen molar-refractivity contribution in [1.29, 1.82) is 0 Å². The van der Waals surface area contributed by atoms with Crippen LogP contribution in [0, 0.1) is 0 Å². The number of piperazine rings is 1. The molecule has 1 N–H and O–H groups in total. The summed E-state index contributed by atoms with van der Waals surface area (Å²) in [4.78, 5) is 4.86. The molecule has 1 aliphatic heterocycles. The average Bonchev–Trinajstić information content (AvgIpc) is 2.45. The molecule has 3 nitrogen and oxygen atoms in total. The maximum atomic E-state index is 10.9. The SMILES string of the molecule is CN1CCN(CC(c2ccc(Cl)cc2)C2(O)CCC2)CC1.Cl.Cl. The third kappa shape index (κ3) is 4.97. The fraction of sp³-hybridized carbons (Fsp3) is 0.647. The number of hydrogen-bond donors (Lipinski definition) is 1.